The van der Waals surface area contributed by atoms with Gasteiger partial charge in [0.2, 0.25) is 0 Å². The maximum atomic E-state index is 13.0. The van der Waals surface area contributed by atoms with Gasteiger partial charge < -0.3 is 4.90 Å². The molecule has 0 aliphatic carbocycles. The fourth-order valence-electron chi connectivity index (χ4n) is 1.68. The lowest BCUT2D eigenvalue weighted by Gasteiger charge is -2.16. The van der Waals surface area contributed by atoms with Crippen molar-refractivity contribution >= 4 is 39.1 Å². The number of benzene rings is 1. The van der Waals surface area contributed by atoms with Gasteiger partial charge in [0.05, 0.1) is 6.54 Å². The Morgan fingerprint density at radius 3 is 2.60 bits per heavy atom. The van der Waals surface area contributed by atoms with Crippen molar-refractivity contribution in [2.24, 2.45) is 4.99 Å². The van der Waals surface area contributed by atoms with Gasteiger partial charge in [-0.3, -0.25) is 9.79 Å². The van der Waals surface area contributed by atoms with Crippen molar-refractivity contribution in [3.05, 3.63) is 46.6 Å². The van der Waals surface area contributed by atoms with E-state index in [9.17, 15) is 13.6 Å². The Morgan fingerprint density at radius 2 is 2.00 bits per heavy atom. The molecule has 0 radical (unpaired) electrons. The van der Waals surface area contributed by atoms with Gasteiger partial charge in [-0.05, 0) is 41.9 Å². The van der Waals surface area contributed by atoms with Gasteiger partial charge in [-0.25, -0.2) is 0 Å². The minimum atomic E-state index is -3.52. The van der Waals surface area contributed by atoms with Crippen LogP contribution in [0, 0.1) is 0 Å². The van der Waals surface area contributed by atoms with Crippen molar-refractivity contribution in [1.29, 1.82) is 0 Å². The second-order valence-electron chi connectivity index (χ2n) is 4.09. The molecule has 0 fully saturated rings. The molecule has 1 aromatic rings. The van der Waals surface area contributed by atoms with E-state index in [0.29, 0.717) is 5.56 Å². The fourth-order valence-corrected chi connectivity index (χ4v) is 2.06. The first-order valence-electron chi connectivity index (χ1n) is 5.74. The summed E-state index contributed by atoms with van der Waals surface area (Å²) in [5.41, 5.74) is -0.0655. The second-order valence-corrected chi connectivity index (χ2v) is 5.48. The third kappa shape index (κ3) is 3.64. The minimum absolute atomic E-state index is 0.0763. The Bertz CT molecular complexity index is 567. The number of nitrogens with zero attached hydrogens (tertiary/aromatic N) is 2. The van der Waals surface area contributed by atoms with E-state index in [1.54, 1.807) is 24.3 Å². The van der Waals surface area contributed by atoms with Crippen molar-refractivity contribution in [1.82, 2.24) is 4.90 Å². The number of amides is 1. The van der Waals surface area contributed by atoms with Crippen LogP contribution in [0.5, 0.6) is 0 Å². The molecule has 0 saturated heterocycles. The summed E-state index contributed by atoms with van der Waals surface area (Å²) in [4.78, 5) is 17.2. The molecule has 2 rings (SSSR count). The van der Waals surface area contributed by atoms with E-state index in [2.05, 4.69) is 20.9 Å². The Morgan fingerprint density at radius 1 is 1.35 bits per heavy atom. The summed E-state index contributed by atoms with van der Waals surface area (Å²) in [7, 11) is 0. The average molecular weight is 364 g/mol. The van der Waals surface area contributed by atoms with Crippen LogP contribution in [0.15, 0.2) is 46.0 Å². The summed E-state index contributed by atoms with van der Waals surface area (Å²) in [5.74, 6) is -0.275. The van der Waals surface area contributed by atoms with Gasteiger partial charge in [0.15, 0.2) is 0 Å². The summed E-state index contributed by atoms with van der Waals surface area (Å²) in [6.45, 7) is 0.300. The van der Waals surface area contributed by atoms with Crippen molar-refractivity contribution in [2.45, 2.75) is 5.38 Å². The van der Waals surface area contributed by atoms with Crippen LogP contribution in [0.4, 0.5) is 8.78 Å². The Hall–Kier alpha value is -1.27. The lowest BCUT2D eigenvalue weighted by Crippen LogP contribution is -2.27. The summed E-state index contributed by atoms with van der Waals surface area (Å²) in [6.07, 6.45) is 2.35. The molecule has 0 N–H and O–H groups in total. The van der Waals surface area contributed by atoms with Crippen LogP contribution < -0.4 is 0 Å². The van der Waals surface area contributed by atoms with E-state index >= 15 is 0 Å². The van der Waals surface area contributed by atoms with E-state index in [0.717, 1.165) is 10.5 Å². The Balaban J connectivity index is 2.15. The van der Waals surface area contributed by atoms with Gasteiger partial charge in [0, 0.05) is 22.8 Å². The Labute approximate surface area is 128 Å². The first kappa shape index (κ1) is 15.1. The SMILES string of the molecule is O=C(c1ccc(Br)cc1)N1C=CC(C(F)(F)Cl)=NCC1. The normalized spacial score (nSPS) is 15.8. The van der Waals surface area contributed by atoms with E-state index < -0.39 is 11.1 Å². The molecule has 1 amide bonds. The van der Waals surface area contributed by atoms with Crippen LogP contribution in [0.3, 0.4) is 0 Å². The highest BCUT2D eigenvalue weighted by Crippen LogP contribution is 2.23. The molecule has 106 valence electrons. The lowest BCUT2D eigenvalue weighted by molar-refractivity contribution is 0.0826. The van der Waals surface area contributed by atoms with E-state index in [1.807, 2.05) is 0 Å². The van der Waals surface area contributed by atoms with Crippen molar-refractivity contribution in [2.75, 3.05) is 13.1 Å². The van der Waals surface area contributed by atoms with Crippen molar-refractivity contribution < 1.29 is 13.6 Å². The zero-order chi connectivity index (χ0) is 14.8. The van der Waals surface area contributed by atoms with Gasteiger partial charge in [0.25, 0.3) is 5.91 Å². The molecule has 1 aliphatic rings. The summed E-state index contributed by atoms with van der Waals surface area (Å²) in [6, 6.07) is 6.79. The van der Waals surface area contributed by atoms with E-state index in [-0.39, 0.29) is 19.0 Å². The molecule has 0 bridgehead atoms. The highest BCUT2D eigenvalue weighted by atomic mass is 79.9. The van der Waals surface area contributed by atoms with Crippen LogP contribution >= 0.6 is 27.5 Å². The highest BCUT2D eigenvalue weighted by molar-refractivity contribution is 9.10. The molecule has 0 atom stereocenters. The summed E-state index contributed by atoms with van der Waals surface area (Å²) < 4.78 is 26.8. The molecule has 1 heterocycles. The quantitative estimate of drug-likeness (QED) is 0.738. The highest BCUT2D eigenvalue weighted by Gasteiger charge is 2.32. The summed E-state index contributed by atoms with van der Waals surface area (Å²) >= 11 is 8.20. The number of alkyl halides is 3. The maximum Gasteiger partial charge on any atom is 0.364 e. The first-order valence-corrected chi connectivity index (χ1v) is 6.91. The molecule has 3 nitrogen and oxygen atoms in total. The molecule has 7 heteroatoms. The summed E-state index contributed by atoms with van der Waals surface area (Å²) in [5, 5.41) is -3.52. The molecule has 1 aromatic carbocycles. The number of allylic oxidation sites excluding steroid dienone is 1. The second kappa shape index (κ2) is 6.01. The maximum absolute atomic E-state index is 13.0. The lowest BCUT2D eigenvalue weighted by atomic mass is 10.2. The predicted molar refractivity (Wildman–Crippen MR) is 77.4 cm³/mol. The number of carbonyl (C=O) groups is 1. The zero-order valence-electron chi connectivity index (χ0n) is 10.2. The molecule has 1 aliphatic heterocycles. The predicted octanol–water partition coefficient (Wildman–Crippen LogP) is 3.69. The number of halogens is 4. The van der Waals surface area contributed by atoms with Gasteiger partial charge in [0.1, 0.15) is 5.71 Å². The van der Waals surface area contributed by atoms with Gasteiger partial charge in [-0.2, -0.15) is 8.78 Å². The van der Waals surface area contributed by atoms with Gasteiger partial charge >= 0.3 is 5.38 Å². The standard InChI is InChI=1S/C13H10BrClF2N2O/c14-10-3-1-9(2-4-10)12(20)19-7-5-11(13(15,16)17)18-6-8-19/h1-5,7H,6,8H2. The molecule has 0 aromatic heterocycles. The van der Waals surface area contributed by atoms with E-state index in [1.165, 1.54) is 11.1 Å². The molecular formula is C13H10BrClF2N2O. The average Bonchev–Trinajstić information content (AvgIpc) is 2.64. The molecular weight excluding hydrogens is 354 g/mol. The van der Waals surface area contributed by atoms with Gasteiger partial charge in [-0.15, -0.1) is 0 Å². The third-order valence-corrected chi connectivity index (χ3v) is 3.40. The monoisotopic (exact) mass is 362 g/mol. The first-order chi connectivity index (χ1) is 9.38. The van der Waals surface area contributed by atoms with Crippen LogP contribution in [0.2, 0.25) is 0 Å². The molecule has 20 heavy (non-hydrogen) atoms. The number of rotatable bonds is 2. The topological polar surface area (TPSA) is 32.7 Å². The smallest absolute Gasteiger partial charge is 0.313 e. The third-order valence-electron chi connectivity index (χ3n) is 2.68. The van der Waals surface area contributed by atoms with Crippen molar-refractivity contribution in [3.8, 4) is 0 Å². The van der Waals surface area contributed by atoms with Crippen LogP contribution in [-0.4, -0.2) is 35.0 Å². The zero-order valence-corrected chi connectivity index (χ0v) is 12.5. The number of aliphatic imine (C=N–C) groups is 1. The Kier molecular flexibility index (Phi) is 4.55. The fraction of sp³-hybridized carbons (Fsp3) is 0.231. The number of hydrogen-bond acceptors (Lipinski definition) is 2. The van der Waals surface area contributed by atoms with Crippen molar-refractivity contribution in [3.63, 3.8) is 0 Å². The molecule has 0 unspecified atom stereocenters. The number of carbonyl (C=O) groups excluding carboxylic acids is 1. The molecule has 0 spiro atoms. The largest absolute Gasteiger partial charge is 0.364 e. The van der Waals surface area contributed by atoms with Crippen LogP contribution in [0.25, 0.3) is 0 Å². The van der Waals surface area contributed by atoms with Crippen LogP contribution in [-0.2, 0) is 0 Å². The van der Waals surface area contributed by atoms with Gasteiger partial charge in [-0.1, -0.05) is 15.9 Å². The van der Waals surface area contributed by atoms with Crippen LogP contribution in [0.1, 0.15) is 10.4 Å². The molecule has 0 saturated carbocycles. The minimum Gasteiger partial charge on any atom is -0.313 e. The number of hydrogen-bond donors (Lipinski definition) is 0. The van der Waals surface area contributed by atoms with E-state index in [4.69, 9.17) is 11.6 Å².